The van der Waals surface area contributed by atoms with E-state index in [0.717, 1.165) is 5.56 Å². The van der Waals surface area contributed by atoms with E-state index in [9.17, 15) is 22.4 Å². The molecule has 3 N–H and O–H groups in total. The zero-order chi connectivity index (χ0) is 26.5. The van der Waals surface area contributed by atoms with Crippen molar-refractivity contribution in [2.24, 2.45) is 9.98 Å². The Morgan fingerprint density at radius 1 is 1.22 bits per heavy atom. The average Bonchev–Trinajstić information content (AvgIpc) is 3.31. The number of hydrazine groups is 1. The predicted molar refractivity (Wildman–Crippen MR) is 136 cm³/mol. The van der Waals surface area contributed by atoms with Crippen LogP contribution in [0.1, 0.15) is 40.0 Å². The Labute approximate surface area is 213 Å². The third kappa shape index (κ3) is 4.73. The van der Waals surface area contributed by atoms with Gasteiger partial charge >= 0.3 is 0 Å². The standard InChI is InChI=1S/C25H27FN6O4S/c1-13-8-15(4-7-18(13)26)10-27-25(34)23-21-22(28-12-29-23)24(32(3)31-21)30-19-11-37(35,36)20-9-16(14(2)33)5-6-17(19)20/h4-9,12,19,21-22,24,30-31H,10-11H2,1-3H3,(H,27,34). The smallest absolute Gasteiger partial charge is 0.267 e. The van der Waals surface area contributed by atoms with Crippen LogP contribution in [0, 0.1) is 12.7 Å². The zero-order valence-corrected chi connectivity index (χ0v) is 21.3. The van der Waals surface area contributed by atoms with Gasteiger partial charge in [-0.15, -0.1) is 0 Å². The summed E-state index contributed by atoms with van der Waals surface area (Å²) < 4.78 is 39.2. The Balaban J connectivity index is 1.30. The molecular formula is C25H27FN6O4S. The highest BCUT2D eigenvalue weighted by Gasteiger charge is 2.47. The molecule has 0 spiro atoms. The number of aryl methyl sites for hydroxylation is 1. The minimum absolute atomic E-state index is 0.145. The van der Waals surface area contributed by atoms with E-state index < -0.39 is 34.1 Å². The number of halogens is 1. The molecule has 4 atom stereocenters. The van der Waals surface area contributed by atoms with Gasteiger partial charge in [0.05, 0.1) is 22.9 Å². The van der Waals surface area contributed by atoms with Crippen molar-refractivity contribution in [3.05, 3.63) is 64.5 Å². The number of aliphatic imine (C=N–C) groups is 2. The Bertz CT molecular complexity index is 1460. The maximum Gasteiger partial charge on any atom is 0.267 e. The minimum Gasteiger partial charge on any atom is -0.347 e. The second-order valence-electron chi connectivity index (χ2n) is 9.51. The Morgan fingerprint density at radius 3 is 2.73 bits per heavy atom. The maximum atomic E-state index is 13.5. The molecule has 194 valence electrons. The fraction of sp³-hybridized carbons (Fsp3) is 0.360. The highest BCUT2D eigenvalue weighted by molar-refractivity contribution is 7.91. The Hall–Kier alpha value is -3.32. The van der Waals surface area contributed by atoms with Crippen molar-refractivity contribution in [3.63, 3.8) is 0 Å². The van der Waals surface area contributed by atoms with Gasteiger partial charge in [0.2, 0.25) is 0 Å². The third-order valence-corrected chi connectivity index (χ3v) is 8.75. The van der Waals surface area contributed by atoms with E-state index in [0.29, 0.717) is 16.7 Å². The van der Waals surface area contributed by atoms with Crippen molar-refractivity contribution in [2.75, 3.05) is 12.8 Å². The number of carbonyl (C=O) groups is 2. The normalized spacial score (nSPS) is 25.9. The molecule has 12 heteroatoms. The summed E-state index contributed by atoms with van der Waals surface area (Å²) in [4.78, 5) is 33.6. The molecule has 3 heterocycles. The molecule has 4 unspecified atom stereocenters. The van der Waals surface area contributed by atoms with Crippen LogP contribution in [0.2, 0.25) is 0 Å². The summed E-state index contributed by atoms with van der Waals surface area (Å²) in [5, 5.41) is 7.97. The molecule has 37 heavy (non-hydrogen) atoms. The molecule has 1 saturated heterocycles. The van der Waals surface area contributed by atoms with Gasteiger partial charge in [-0.25, -0.2) is 28.2 Å². The van der Waals surface area contributed by atoms with E-state index >= 15 is 0 Å². The van der Waals surface area contributed by atoms with Crippen molar-refractivity contribution < 1.29 is 22.4 Å². The minimum atomic E-state index is -3.57. The fourth-order valence-electron chi connectivity index (χ4n) is 4.98. The van der Waals surface area contributed by atoms with E-state index in [1.54, 1.807) is 43.2 Å². The van der Waals surface area contributed by atoms with Crippen LogP contribution in [0.5, 0.6) is 0 Å². The molecule has 1 amide bonds. The van der Waals surface area contributed by atoms with Crippen LogP contribution >= 0.6 is 0 Å². The molecule has 0 aliphatic carbocycles. The van der Waals surface area contributed by atoms with Crippen LogP contribution in [0.25, 0.3) is 0 Å². The van der Waals surface area contributed by atoms with Gasteiger partial charge in [-0.3, -0.25) is 19.9 Å². The first-order valence-corrected chi connectivity index (χ1v) is 13.5. The molecule has 0 bridgehead atoms. The molecule has 10 nitrogen and oxygen atoms in total. The number of carbonyl (C=O) groups excluding carboxylic acids is 2. The summed E-state index contributed by atoms with van der Waals surface area (Å²) in [6.07, 6.45) is 0.907. The fourth-order valence-corrected chi connectivity index (χ4v) is 6.75. The number of amides is 1. The van der Waals surface area contributed by atoms with Gasteiger partial charge in [0.15, 0.2) is 15.6 Å². The Kier molecular flexibility index (Phi) is 6.52. The number of sulfone groups is 1. The second kappa shape index (κ2) is 9.53. The summed E-state index contributed by atoms with van der Waals surface area (Å²) in [5.41, 5.74) is 5.67. The van der Waals surface area contributed by atoms with E-state index in [1.165, 1.54) is 25.4 Å². The van der Waals surface area contributed by atoms with Crippen molar-refractivity contribution in [2.45, 2.75) is 49.6 Å². The molecule has 3 aliphatic rings. The number of ketones is 1. The van der Waals surface area contributed by atoms with Crippen LogP contribution in [-0.4, -0.2) is 68.2 Å². The molecule has 1 fully saturated rings. The lowest BCUT2D eigenvalue weighted by atomic mass is 9.99. The number of benzene rings is 2. The zero-order valence-electron chi connectivity index (χ0n) is 20.5. The van der Waals surface area contributed by atoms with Gasteiger partial charge < -0.3 is 5.32 Å². The number of fused-ring (bicyclic) bond motifs is 2. The molecule has 5 rings (SSSR count). The summed E-state index contributed by atoms with van der Waals surface area (Å²) >= 11 is 0. The highest BCUT2D eigenvalue weighted by atomic mass is 32.2. The van der Waals surface area contributed by atoms with Crippen LogP contribution < -0.4 is 16.1 Å². The molecule has 0 aromatic heterocycles. The Morgan fingerprint density at radius 2 is 2.00 bits per heavy atom. The van der Waals surface area contributed by atoms with Crippen molar-refractivity contribution in [1.29, 1.82) is 0 Å². The maximum absolute atomic E-state index is 13.5. The first-order valence-electron chi connectivity index (χ1n) is 11.8. The van der Waals surface area contributed by atoms with E-state index in [-0.39, 0.29) is 40.4 Å². The molecule has 0 saturated carbocycles. The number of hydrogen-bond acceptors (Lipinski definition) is 9. The first kappa shape index (κ1) is 25.3. The topological polar surface area (TPSA) is 132 Å². The van der Waals surface area contributed by atoms with E-state index in [2.05, 4.69) is 26.0 Å². The largest absolute Gasteiger partial charge is 0.347 e. The number of nitrogens with zero attached hydrogens (tertiary/aromatic N) is 3. The van der Waals surface area contributed by atoms with Crippen molar-refractivity contribution in [3.8, 4) is 0 Å². The molecule has 2 aromatic rings. The van der Waals surface area contributed by atoms with Crippen molar-refractivity contribution in [1.82, 2.24) is 21.1 Å². The van der Waals surface area contributed by atoms with Gasteiger partial charge in [0.25, 0.3) is 5.91 Å². The quantitative estimate of drug-likeness (QED) is 0.480. The van der Waals surface area contributed by atoms with Gasteiger partial charge in [0.1, 0.15) is 23.9 Å². The van der Waals surface area contributed by atoms with Gasteiger partial charge in [-0.05, 0) is 42.7 Å². The summed E-state index contributed by atoms with van der Waals surface area (Å²) in [5.74, 6) is -1.03. The summed E-state index contributed by atoms with van der Waals surface area (Å²) in [6, 6.07) is 7.92. The van der Waals surface area contributed by atoms with Crippen LogP contribution in [0.3, 0.4) is 0 Å². The summed E-state index contributed by atoms with van der Waals surface area (Å²) in [6.45, 7) is 3.27. The molecule has 2 aromatic carbocycles. The lowest BCUT2D eigenvalue weighted by molar-refractivity contribution is -0.115. The number of nitrogens with one attached hydrogen (secondary N) is 3. The average molecular weight is 527 g/mol. The highest BCUT2D eigenvalue weighted by Crippen LogP contribution is 2.35. The number of Topliss-reactive ketones (excluding diaryl/α,β-unsaturated/α-hetero) is 1. The lowest BCUT2D eigenvalue weighted by Gasteiger charge is -2.27. The van der Waals surface area contributed by atoms with Crippen molar-refractivity contribution >= 4 is 33.6 Å². The van der Waals surface area contributed by atoms with E-state index in [1.807, 2.05) is 0 Å². The first-order chi connectivity index (χ1) is 17.5. The molecule has 0 radical (unpaired) electrons. The van der Waals surface area contributed by atoms with Gasteiger partial charge in [-0.2, -0.15) is 0 Å². The number of hydrogen-bond donors (Lipinski definition) is 3. The van der Waals surface area contributed by atoms with Crippen LogP contribution in [0.15, 0.2) is 51.3 Å². The number of rotatable bonds is 6. The summed E-state index contributed by atoms with van der Waals surface area (Å²) in [7, 11) is -1.78. The predicted octanol–water partition coefficient (Wildman–Crippen LogP) is 1.07. The van der Waals surface area contributed by atoms with Crippen LogP contribution in [0.4, 0.5) is 4.39 Å². The van der Waals surface area contributed by atoms with Gasteiger partial charge in [-0.1, -0.05) is 24.3 Å². The van der Waals surface area contributed by atoms with Crippen LogP contribution in [-0.2, 0) is 21.2 Å². The number of likely N-dealkylation sites (N-methyl/N-ethyl adjacent to an activating group) is 1. The lowest BCUT2D eigenvalue weighted by Crippen LogP contribution is -2.50. The monoisotopic (exact) mass is 526 g/mol. The third-order valence-electron chi connectivity index (χ3n) is 6.95. The van der Waals surface area contributed by atoms with E-state index in [4.69, 9.17) is 0 Å². The van der Waals surface area contributed by atoms with Gasteiger partial charge in [0, 0.05) is 25.2 Å². The SMILES string of the molecule is CC(=O)c1ccc2c(c1)S(=O)(=O)CC2NC1C2N=CN=C(C(=O)NCc3ccc(F)c(C)c3)C2NN1C. The molecule has 3 aliphatic heterocycles. The second-order valence-corrected chi connectivity index (χ2v) is 11.5. The molecular weight excluding hydrogens is 499 g/mol.